The van der Waals surface area contributed by atoms with Crippen molar-refractivity contribution < 1.29 is 14.7 Å². The summed E-state index contributed by atoms with van der Waals surface area (Å²) in [5.74, 6) is -1.42. The van der Waals surface area contributed by atoms with Crippen LogP contribution in [0.25, 0.3) is 5.69 Å². The number of amides is 1. The fourth-order valence-electron chi connectivity index (χ4n) is 3.39. The van der Waals surface area contributed by atoms with Crippen LogP contribution < -0.4 is 0 Å². The van der Waals surface area contributed by atoms with Gasteiger partial charge in [0.25, 0.3) is 5.91 Å². The highest BCUT2D eigenvalue weighted by Crippen LogP contribution is 2.24. The first-order valence-corrected chi connectivity index (χ1v) is 8.54. The molecule has 1 amide bonds. The number of likely N-dealkylation sites (tertiary alicyclic amines) is 1. The monoisotopic (exact) mass is 341 g/mol. The highest BCUT2D eigenvalue weighted by atomic mass is 16.4. The number of carboxylic acid groups (broad SMARTS) is 1. The van der Waals surface area contributed by atoms with E-state index in [0.29, 0.717) is 18.4 Å². The number of carbonyl (C=O) groups excluding carboxylic acids is 1. The number of rotatable bonds is 3. The summed E-state index contributed by atoms with van der Waals surface area (Å²) >= 11 is 0. The zero-order valence-corrected chi connectivity index (χ0v) is 14.8. The first-order valence-electron chi connectivity index (χ1n) is 8.54. The van der Waals surface area contributed by atoms with Gasteiger partial charge in [-0.05, 0) is 63.9 Å². The standard InChI is InChI=1S/C19H23N3O3/c1-12-10-14(3)22(20-12)17-8-6-15(7-9-17)18(23)21-11-16(19(24)25)5-4-13(21)2/h6-10,13,16H,4-5,11H2,1-3H3,(H,24,25). The molecule has 1 saturated heterocycles. The number of benzene rings is 1. The first kappa shape index (κ1) is 17.2. The van der Waals surface area contributed by atoms with Gasteiger partial charge in [0.2, 0.25) is 0 Å². The quantitative estimate of drug-likeness (QED) is 0.931. The van der Waals surface area contributed by atoms with Crippen molar-refractivity contribution in [3.63, 3.8) is 0 Å². The molecule has 1 aliphatic heterocycles. The lowest BCUT2D eigenvalue weighted by Gasteiger charge is -2.36. The van der Waals surface area contributed by atoms with Gasteiger partial charge in [-0.3, -0.25) is 9.59 Å². The third kappa shape index (κ3) is 3.43. The van der Waals surface area contributed by atoms with E-state index >= 15 is 0 Å². The molecule has 1 aliphatic rings. The third-order valence-electron chi connectivity index (χ3n) is 4.86. The lowest BCUT2D eigenvalue weighted by Crippen LogP contribution is -2.47. The van der Waals surface area contributed by atoms with Crippen LogP contribution in [0.3, 0.4) is 0 Å². The van der Waals surface area contributed by atoms with Gasteiger partial charge in [-0.1, -0.05) is 0 Å². The number of aromatic nitrogens is 2. The van der Waals surface area contributed by atoms with Gasteiger partial charge in [0, 0.05) is 23.8 Å². The summed E-state index contributed by atoms with van der Waals surface area (Å²) < 4.78 is 1.84. The SMILES string of the molecule is Cc1cc(C)n(-c2ccc(C(=O)N3CC(C(=O)O)CCC3C)cc2)n1. The number of hydrogen-bond acceptors (Lipinski definition) is 3. The van der Waals surface area contributed by atoms with Gasteiger partial charge in [0.05, 0.1) is 17.3 Å². The first-order chi connectivity index (χ1) is 11.9. The fraction of sp³-hybridized carbons (Fsp3) is 0.421. The largest absolute Gasteiger partial charge is 0.481 e. The second-order valence-corrected chi connectivity index (χ2v) is 6.80. The van der Waals surface area contributed by atoms with Gasteiger partial charge in [0.15, 0.2) is 0 Å². The number of hydrogen-bond donors (Lipinski definition) is 1. The Kier molecular flexibility index (Phi) is 4.61. The van der Waals surface area contributed by atoms with E-state index in [-0.39, 0.29) is 18.5 Å². The van der Waals surface area contributed by atoms with E-state index in [4.69, 9.17) is 0 Å². The number of carboxylic acids is 1. The van der Waals surface area contributed by atoms with E-state index < -0.39 is 11.9 Å². The Morgan fingerprint density at radius 3 is 2.40 bits per heavy atom. The van der Waals surface area contributed by atoms with Crippen LogP contribution in [0.1, 0.15) is 41.5 Å². The maximum Gasteiger partial charge on any atom is 0.308 e. The average molecular weight is 341 g/mol. The minimum atomic E-state index is -0.829. The predicted octanol–water partition coefficient (Wildman–Crippen LogP) is 2.81. The Hall–Kier alpha value is -2.63. The van der Waals surface area contributed by atoms with Crippen molar-refractivity contribution in [1.29, 1.82) is 0 Å². The van der Waals surface area contributed by atoms with Gasteiger partial charge in [-0.25, -0.2) is 4.68 Å². The molecule has 0 saturated carbocycles. The summed E-state index contributed by atoms with van der Waals surface area (Å²) in [6, 6.07) is 9.36. The normalized spacial score (nSPS) is 20.5. The van der Waals surface area contributed by atoms with Crippen LogP contribution in [0.5, 0.6) is 0 Å². The Morgan fingerprint density at radius 1 is 1.16 bits per heavy atom. The van der Waals surface area contributed by atoms with Crippen LogP contribution in [0, 0.1) is 19.8 Å². The second kappa shape index (κ2) is 6.70. The molecule has 0 radical (unpaired) electrons. The lowest BCUT2D eigenvalue weighted by molar-refractivity contribution is -0.143. The van der Waals surface area contributed by atoms with Crippen molar-refractivity contribution >= 4 is 11.9 Å². The number of aryl methyl sites for hydroxylation is 2. The molecule has 132 valence electrons. The van der Waals surface area contributed by atoms with Crippen molar-refractivity contribution in [3.8, 4) is 5.69 Å². The van der Waals surface area contributed by atoms with Crippen LogP contribution in [-0.4, -0.2) is 44.3 Å². The van der Waals surface area contributed by atoms with E-state index in [2.05, 4.69) is 5.10 Å². The van der Waals surface area contributed by atoms with Gasteiger partial charge < -0.3 is 10.0 Å². The van der Waals surface area contributed by atoms with Gasteiger partial charge in [0.1, 0.15) is 0 Å². The molecule has 6 heteroatoms. The molecule has 2 heterocycles. The Balaban J connectivity index is 1.80. The maximum atomic E-state index is 12.8. The number of carbonyl (C=O) groups is 2. The highest BCUT2D eigenvalue weighted by molar-refractivity contribution is 5.95. The van der Waals surface area contributed by atoms with Crippen LogP contribution >= 0.6 is 0 Å². The van der Waals surface area contributed by atoms with Gasteiger partial charge in [-0.2, -0.15) is 5.10 Å². The molecule has 25 heavy (non-hydrogen) atoms. The van der Waals surface area contributed by atoms with E-state index in [1.165, 1.54) is 0 Å². The molecule has 1 aromatic heterocycles. The van der Waals surface area contributed by atoms with Gasteiger partial charge >= 0.3 is 5.97 Å². The van der Waals surface area contributed by atoms with Crippen LogP contribution in [0.15, 0.2) is 30.3 Å². The molecule has 0 aliphatic carbocycles. The number of nitrogens with zero attached hydrogens (tertiary/aromatic N) is 3. The van der Waals surface area contributed by atoms with Crippen molar-refractivity contribution in [2.45, 2.75) is 39.7 Å². The lowest BCUT2D eigenvalue weighted by atomic mass is 9.93. The molecule has 2 aromatic rings. The molecule has 3 rings (SSSR count). The van der Waals surface area contributed by atoms with Crippen molar-refractivity contribution in [2.24, 2.45) is 5.92 Å². The average Bonchev–Trinajstić information content (AvgIpc) is 2.93. The molecule has 1 aromatic carbocycles. The summed E-state index contributed by atoms with van der Waals surface area (Å²) in [5, 5.41) is 13.7. The Morgan fingerprint density at radius 2 is 1.84 bits per heavy atom. The zero-order valence-electron chi connectivity index (χ0n) is 14.8. The highest BCUT2D eigenvalue weighted by Gasteiger charge is 2.32. The maximum absolute atomic E-state index is 12.8. The van der Waals surface area contributed by atoms with E-state index in [1.54, 1.807) is 17.0 Å². The smallest absolute Gasteiger partial charge is 0.308 e. The minimum absolute atomic E-state index is 0.0544. The molecule has 1 fully saturated rings. The number of piperidine rings is 1. The Bertz CT molecular complexity index is 795. The van der Waals surface area contributed by atoms with Crippen molar-refractivity contribution in [3.05, 3.63) is 47.3 Å². The molecule has 6 nitrogen and oxygen atoms in total. The predicted molar refractivity (Wildman–Crippen MR) is 93.9 cm³/mol. The summed E-state index contributed by atoms with van der Waals surface area (Å²) in [7, 11) is 0. The molecular formula is C19H23N3O3. The van der Waals surface area contributed by atoms with E-state index in [1.807, 2.05) is 43.7 Å². The van der Waals surface area contributed by atoms with Crippen molar-refractivity contribution in [2.75, 3.05) is 6.54 Å². The van der Waals surface area contributed by atoms with Crippen LogP contribution in [0.4, 0.5) is 0 Å². The summed E-state index contributed by atoms with van der Waals surface area (Å²) in [6.45, 7) is 6.17. The summed E-state index contributed by atoms with van der Waals surface area (Å²) in [5.41, 5.74) is 3.45. The molecular weight excluding hydrogens is 318 g/mol. The van der Waals surface area contributed by atoms with E-state index in [0.717, 1.165) is 17.1 Å². The molecule has 1 N–H and O–H groups in total. The topological polar surface area (TPSA) is 75.4 Å². The number of aliphatic carboxylic acids is 1. The zero-order chi connectivity index (χ0) is 18.1. The molecule has 0 spiro atoms. The Labute approximate surface area is 147 Å². The van der Waals surface area contributed by atoms with Crippen LogP contribution in [0.2, 0.25) is 0 Å². The summed E-state index contributed by atoms with van der Waals surface area (Å²) in [6.07, 6.45) is 1.34. The molecule has 2 unspecified atom stereocenters. The van der Waals surface area contributed by atoms with Crippen LogP contribution in [-0.2, 0) is 4.79 Å². The third-order valence-corrected chi connectivity index (χ3v) is 4.86. The van der Waals surface area contributed by atoms with E-state index in [9.17, 15) is 14.7 Å². The molecule has 2 atom stereocenters. The van der Waals surface area contributed by atoms with Gasteiger partial charge in [-0.15, -0.1) is 0 Å². The second-order valence-electron chi connectivity index (χ2n) is 6.80. The molecule has 0 bridgehead atoms. The minimum Gasteiger partial charge on any atom is -0.481 e. The fourth-order valence-corrected chi connectivity index (χ4v) is 3.39. The van der Waals surface area contributed by atoms with Crippen molar-refractivity contribution in [1.82, 2.24) is 14.7 Å². The summed E-state index contributed by atoms with van der Waals surface area (Å²) in [4.78, 5) is 25.7.